The molecular formula is C18H26N4O2. The fraction of sp³-hybridized carbons (Fsp3) is 0.556. The number of aromatic nitrogens is 2. The summed E-state index contributed by atoms with van der Waals surface area (Å²) in [5.41, 5.74) is 7.97. The maximum Gasteiger partial charge on any atom is 0.297 e. The number of benzene rings is 1. The van der Waals surface area contributed by atoms with Crippen LogP contribution < -0.4 is 10.5 Å². The molecule has 2 N–H and O–H groups in total. The molecule has 1 saturated heterocycles. The number of para-hydroxylation sites is 2. The maximum absolute atomic E-state index is 12.3. The molecule has 1 aliphatic rings. The standard InChI is InChI=1S/C18H26N4O2/c1-12(2)16(19)17(23)22-10-8-13(9-11-22)24-18-20-14-6-4-5-7-15(14)21(18)3/h4-7,12-13,16H,8-11,19H2,1-3H3/t16-/m0/s1. The number of carbonyl (C=O) groups excluding carboxylic acids is 1. The van der Waals surface area contributed by atoms with E-state index in [2.05, 4.69) is 4.98 Å². The van der Waals surface area contributed by atoms with Gasteiger partial charge in [-0.05, 0) is 18.1 Å². The molecule has 1 aliphatic heterocycles. The van der Waals surface area contributed by atoms with Crippen molar-refractivity contribution in [3.05, 3.63) is 24.3 Å². The number of hydrogen-bond donors (Lipinski definition) is 1. The molecule has 1 aromatic heterocycles. The Morgan fingerprint density at radius 1 is 1.29 bits per heavy atom. The first-order valence-corrected chi connectivity index (χ1v) is 8.60. The third-order valence-electron chi connectivity index (χ3n) is 4.78. The highest BCUT2D eigenvalue weighted by Crippen LogP contribution is 2.23. The summed E-state index contributed by atoms with van der Waals surface area (Å²) < 4.78 is 8.06. The van der Waals surface area contributed by atoms with Gasteiger partial charge in [0.05, 0.1) is 17.1 Å². The summed E-state index contributed by atoms with van der Waals surface area (Å²) in [6.45, 7) is 5.33. The molecule has 24 heavy (non-hydrogen) atoms. The minimum atomic E-state index is -0.415. The predicted octanol–water partition coefficient (Wildman–Crippen LogP) is 1.93. The Morgan fingerprint density at radius 2 is 1.96 bits per heavy atom. The number of rotatable bonds is 4. The van der Waals surface area contributed by atoms with Crippen LogP contribution in [0.2, 0.25) is 0 Å². The van der Waals surface area contributed by atoms with Gasteiger partial charge in [-0.3, -0.25) is 9.36 Å². The molecule has 6 heteroatoms. The number of nitrogens with two attached hydrogens (primary N) is 1. The van der Waals surface area contributed by atoms with E-state index in [9.17, 15) is 4.79 Å². The number of hydrogen-bond acceptors (Lipinski definition) is 4. The summed E-state index contributed by atoms with van der Waals surface area (Å²) in [4.78, 5) is 18.7. The second kappa shape index (κ2) is 6.81. The van der Waals surface area contributed by atoms with Crippen molar-refractivity contribution in [2.45, 2.75) is 38.8 Å². The number of amides is 1. The van der Waals surface area contributed by atoms with Gasteiger partial charge in [-0.15, -0.1) is 0 Å². The molecule has 3 rings (SSSR count). The van der Waals surface area contributed by atoms with E-state index in [1.165, 1.54) is 0 Å². The third-order valence-corrected chi connectivity index (χ3v) is 4.78. The predicted molar refractivity (Wildman–Crippen MR) is 93.8 cm³/mol. The fourth-order valence-electron chi connectivity index (χ4n) is 3.07. The van der Waals surface area contributed by atoms with Crippen LogP contribution in [0.15, 0.2) is 24.3 Å². The number of fused-ring (bicyclic) bond motifs is 1. The molecule has 0 aliphatic carbocycles. The molecule has 0 spiro atoms. The quantitative estimate of drug-likeness (QED) is 0.929. The molecule has 0 saturated carbocycles. The van der Waals surface area contributed by atoms with Crippen LogP contribution in [0.25, 0.3) is 11.0 Å². The first-order chi connectivity index (χ1) is 11.5. The zero-order valence-electron chi connectivity index (χ0n) is 14.6. The van der Waals surface area contributed by atoms with Crippen LogP contribution in [0.4, 0.5) is 0 Å². The Hall–Kier alpha value is -2.08. The van der Waals surface area contributed by atoms with Crippen LogP contribution in [0, 0.1) is 5.92 Å². The molecule has 1 amide bonds. The highest BCUT2D eigenvalue weighted by molar-refractivity contribution is 5.82. The minimum absolute atomic E-state index is 0.0474. The Morgan fingerprint density at radius 3 is 2.58 bits per heavy atom. The van der Waals surface area contributed by atoms with Crippen molar-refractivity contribution in [2.75, 3.05) is 13.1 Å². The number of imidazole rings is 1. The van der Waals surface area contributed by atoms with E-state index in [0.29, 0.717) is 19.1 Å². The van der Waals surface area contributed by atoms with E-state index in [1.54, 1.807) is 0 Å². The van der Waals surface area contributed by atoms with Crippen molar-refractivity contribution in [1.29, 1.82) is 0 Å². The monoisotopic (exact) mass is 330 g/mol. The molecule has 130 valence electrons. The Bertz CT molecular complexity index is 717. The zero-order valence-corrected chi connectivity index (χ0v) is 14.6. The second-order valence-corrected chi connectivity index (χ2v) is 6.85. The second-order valence-electron chi connectivity index (χ2n) is 6.85. The van der Waals surface area contributed by atoms with Gasteiger partial charge in [-0.1, -0.05) is 26.0 Å². The Kier molecular flexibility index (Phi) is 4.76. The normalized spacial score (nSPS) is 17.5. The van der Waals surface area contributed by atoms with Gasteiger partial charge in [0, 0.05) is 33.0 Å². The lowest BCUT2D eigenvalue weighted by molar-refractivity contribution is -0.135. The molecule has 2 heterocycles. The van der Waals surface area contributed by atoms with Gasteiger partial charge >= 0.3 is 0 Å². The van der Waals surface area contributed by atoms with Crippen molar-refractivity contribution in [1.82, 2.24) is 14.5 Å². The molecule has 1 fully saturated rings. The van der Waals surface area contributed by atoms with Crippen molar-refractivity contribution >= 4 is 16.9 Å². The van der Waals surface area contributed by atoms with E-state index in [-0.39, 0.29) is 17.9 Å². The van der Waals surface area contributed by atoms with Crippen molar-refractivity contribution in [2.24, 2.45) is 18.7 Å². The van der Waals surface area contributed by atoms with Crippen LogP contribution in [0.5, 0.6) is 6.01 Å². The lowest BCUT2D eigenvalue weighted by Crippen LogP contribution is -2.50. The smallest absolute Gasteiger partial charge is 0.297 e. The number of likely N-dealkylation sites (tertiary alicyclic amines) is 1. The van der Waals surface area contributed by atoms with Crippen LogP contribution >= 0.6 is 0 Å². The third kappa shape index (κ3) is 3.24. The summed E-state index contributed by atoms with van der Waals surface area (Å²) in [6.07, 6.45) is 1.69. The Balaban J connectivity index is 1.61. The topological polar surface area (TPSA) is 73.4 Å². The first-order valence-electron chi connectivity index (χ1n) is 8.60. The van der Waals surface area contributed by atoms with Gasteiger partial charge in [0.1, 0.15) is 6.10 Å². The lowest BCUT2D eigenvalue weighted by Gasteiger charge is -2.34. The van der Waals surface area contributed by atoms with Crippen molar-refractivity contribution in [3.63, 3.8) is 0 Å². The SMILES string of the molecule is CC(C)[C@H](N)C(=O)N1CCC(Oc2nc3ccccc3n2C)CC1. The average Bonchev–Trinajstić information content (AvgIpc) is 2.90. The van der Waals surface area contributed by atoms with E-state index in [4.69, 9.17) is 10.5 Å². The molecule has 6 nitrogen and oxygen atoms in total. The van der Waals surface area contributed by atoms with Gasteiger partial charge in [-0.25, -0.2) is 0 Å². The summed E-state index contributed by atoms with van der Waals surface area (Å²) in [7, 11) is 1.96. The number of aryl methyl sites for hydroxylation is 1. The average molecular weight is 330 g/mol. The lowest BCUT2D eigenvalue weighted by atomic mass is 10.0. The highest BCUT2D eigenvalue weighted by atomic mass is 16.5. The maximum atomic E-state index is 12.3. The minimum Gasteiger partial charge on any atom is -0.461 e. The Labute approximate surface area is 142 Å². The molecule has 1 atom stereocenters. The van der Waals surface area contributed by atoms with Crippen molar-refractivity contribution < 1.29 is 9.53 Å². The van der Waals surface area contributed by atoms with E-state index in [0.717, 1.165) is 23.9 Å². The summed E-state index contributed by atoms with van der Waals surface area (Å²) >= 11 is 0. The van der Waals surface area contributed by atoms with Crippen molar-refractivity contribution in [3.8, 4) is 6.01 Å². The first kappa shape index (κ1) is 16.8. The number of piperidine rings is 1. The van der Waals surface area contributed by atoms with Crippen LogP contribution in [0.1, 0.15) is 26.7 Å². The number of ether oxygens (including phenoxy) is 1. The fourth-order valence-corrected chi connectivity index (χ4v) is 3.07. The van der Waals surface area contributed by atoms with Crippen LogP contribution in [-0.4, -0.2) is 45.6 Å². The number of nitrogens with zero attached hydrogens (tertiary/aromatic N) is 3. The van der Waals surface area contributed by atoms with Gasteiger partial charge < -0.3 is 15.4 Å². The summed E-state index contributed by atoms with van der Waals surface area (Å²) in [5, 5.41) is 0. The van der Waals surface area contributed by atoms with Gasteiger partial charge in [0.2, 0.25) is 5.91 Å². The summed E-state index contributed by atoms with van der Waals surface area (Å²) in [5.74, 6) is 0.206. The highest BCUT2D eigenvalue weighted by Gasteiger charge is 2.29. The molecular weight excluding hydrogens is 304 g/mol. The largest absolute Gasteiger partial charge is 0.461 e. The summed E-state index contributed by atoms with van der Waals surface area (Å²) in [6, 6.07) is 8.21. The van der Waals surface area contributed by atoms with Crippen LogP contribution in [0.3, 0.4) is 0 Å². The molecule has 1 aromatic carbocycles. The zero-order chi connectivity index (χ0) is 17.3. The molecule has 0 unspecified atom stereocenters. The molecule has 0 bridgehead atoms. The van der Waals surface area contributed by atoms with E-state index < -0.39 is 6.04 Å². The van der Waals surface area contributed by atoms with Gasteiger partial charge in [0.15, 0.2) is 0 Å². The molecule has 2 aromatic rings. The van der Waals surface area contributed by atoms with E-state index in [1.807, 2.05) is 54.6 Å². The number of carbonyl (C=O) groups is 1. The molecule has 0 radical (unpaired) electrons. The van der Waals surface area contributed by atoms with Gasteiger partial charge in [0.25, 0.3) is 6.01 Å². The van der Waals surface area contributed by atoms with E-state index >= 15 is 0 Å². The van der Waals surface area contributed by atoms with Gasteiger partial charge in [-0.2, -0.15) is 4.98 Å². The van der Waals surface area contributed by atoms with Crippen LogP contribution in [-0.2, 0) is 11.8 Å².